The number of hydrogen-bond acceptors (Lipinski definition) is 2. The van der Waals surface area contributed by atoms with Crippen molar-refractivity contribution in [3.05, 3.63) is 59.4 Å². The number of halogens is 1. The summed E-state index contributed by atoms with van der Waals surface area (Å²) in [7, 11) is 0. The second-order valence-corrected chi connectivity index (χ2v) is 6.23. The zero-order chi connectivity index (χ0) is 18.0. The molecule has 6 heteroatoms. The largest absolute Gasteiger partial charge is 0.333 e. The van der Waals surface area contributed by atoms with Crippen LogP contribution in [0.25, 0.3) is 0 Å². The lowest BCUT2D eigenvalue weighted by atomic mass is 10.1. The van der Waals surface area contributed by atoms with E-state index in [0.717, 1.165) is 16.8 Å². The van der Waals surface area contributed by atoms with Crippen molar-refractivity contribution in [2.24, 2.45) is 0 Å². The highest BCUT2D eigenvalue weighted by molar-refractivity contribution is 5.97. The highest BCUT2D eigenvalue weighted by Gasteiger charge is 2.31. The molecule has 1 aliphatic rings. The predicted octanol–water partition coefficient (Wildman–Crippen LogP) is 3.37. The first-order chi connectivity index (χ1) is 11.9. The summed E-state index contributed by atoms with van der Waals surface area (Å²) in [5.74, 6) is -0.531. The van der Waals surface area contributed by atoms with Crippen molar-refractivity contribution in [1.82, 2.24) is 5.32 Å². The average molecular weight is 341 g/mol. The molecular formula is C19H20FN3O2. The standard InChI is InChI=1S/C19H20FN3O2/c1-12-5-3-8-17(13(12)2)22-19(25)21-15-10-18(24)23(11-15)16-7-4-6-14(20)9-16/h3-9,15H,10-11H2,1-2H3,(H2,21,22,25)/t15-/m0/s1. The molecule has 0 spiro atoms. The highest BCUT2D eigenvalue weighted by atomic mass is 19.1. The molecule has 3 rings (SSSR count). The molecule has 1 saturated heterocycles. The van der Waals surface area contributed by atoms with Gasteiger partial charge in [0.1, 0.15) is 5.82 Å². The Labute approximate surface area is 145 Å². The minimum Gasteiger partial charge on any atom is -0.333 e. The Bertz CT molecular complexity index is 822. The number of urea groups is 1. The van der Waals surface area contributed by atoms with Crippen molar-refractivity contribution < 1.29 is 14.0 Å². The number of aryl methyl sites for hydroxylation is 1. The molecule has 1 atom stereocenters. The van der Waals surface area contributed by atoms with Crippen LogP contribution in [-0.4, -0.2) is 24.5 Å². The van der Waals surface area contributed by atoms with Gasteiger partial charge in [-0.2, -0.15) is 0 Å². The molecule has 2 aromatic rings. The molecule has 25 heavy (non-hydrogen) atoms. The lowest BCUT2D eigenvalue weighted by Gasteiger charge is -2.18. The Morgan fingerprint density at radius 1 is 1.20 bits per heavy atom. The summed E-state index contributed by atoms with van der Waals surface area (Å²) >= 11 is 0. The van der Waals surface area contributed by atoms with E-state index in [0.29, 0.717) is 12.2 Å². The summed E-state index contributed by atoms with van der Waals surface area (Å²) in [6, 6.07) is 10.9. The summed E-state index contributed by atoms with van der Waals surface area (Å²) in [6.07, 6.45) is 0.191. The number of rotatable bonds is 3. The SMILES string of the molecule is Cc1cccc(NC(=O)N[C@H]2CC(=O)N(c3cccc(F)c3)C2)c1C. The third-order valence-electron chi connectivity index (χ3n) is 4.43. The van der Waals surface area contributed by atoms with Crippen LogP contribution < -0.4 is 15.5 Å². The topological polar surface area (TPSA) is 61.4 Å². The van der Waals surface area contributed by atoms with Crippen LogP contribution in [0.5, 0.6) is 0 Å². The number of anilines is 2. The number of nitrogens with zero attached hydrogens (tertiary/aromatic N) is 1. The normalized spacial score (nSPS) is 16.8. The molecule has 0 aliphatic carbocycles. The van der Waals surface area contributed by atoms with Gasteiger partial charge >= 0.3 is 6.03 Å². The van der Waals surface area contributed by atoms with Crippen LogP contribution in [-0.2, 0) is 4.79 Å². The summed E-state index contributed by atoms with van der Waals surface area (Å²) in [6.45, 7) is 4.24. The molecule has 1 fully saturated rings. The average Bonchev–Trinajstić information content (AvgIpc) is 2.92. The quantitative estimate of drug-likeness (QED) is 0.899. The Balaban J connectivity index is 1.63. The summed E-state index contributed by atoms with van der Waals surface area (Å²) < 4.78 is 13.3. The molecule has 3 amide bonds. The monoisotopic (exact) mass is 341 g/mol. The zero-order valence-electron chi connectivity index (χ0n) is 14.2. The van der Waals surface area contributed by atoms with Crippen LogP contribution in [0, 0.1) is 19.7 Å². The van der Waals surface area contributed by atoms with Gasteiger partial charge in [-0.15, -0.1) is 0 Å². The van der Waals surface area contributed by atoms with Crippen molar-refractivity contribution in [2.45, 2.75) is 26.3 Å². The van der Waals surface area contributed by atoms with E-state index >= 15 is 0 Å². The summed E-state index contributed by atoms with van der Waals surface area (Å²) in [5.41, 5.74) is 3.33. The van der Waals surface area contributed by atoms with Crippen molar-refractivity contribution in [3.8, 4) is 0 Å². The van der Waals surface area contributed by atoms with Crippen LogP contribution in [0.3, 0.4) is 0 Å². The van der Waals surface area contributed by atoms with Gasteiger partial charge in [0.15, 0.2) is 0 Å². The van der Waals surface area contributed by atoms with E-state index in [-0.39, 0.29) is 24.4 Å². The van der Waals surface area contributed by atoms with E-state index in [9.17, 15) is 14.0 Å². The highest BCUT2D eigenvalue weighted by Crippen LogP contribution is 2.23. The molecule has 0 unspecified atom stereocenters. The van der Waals surface area contributed by atoms with Crippen molar-refractivity contribution in [1.29, 1.82) is 0 Å². The minimum absolute atomic E-state index is 0.136. The van der Waals surface area contributed by atoms with E-state index in [2.05, 4.69) is 10.6 Å². The van der Waals surface area contributed by atoms with Crippen LogP contribution >= 0.6 is 0 Å². The maximum atomic E-state index is 13.3. The number of benzene rings is 2. The van der Waals surface area contributed by atoms with Gasteiger partial charge in [-0.05, 0) is 49.2 Å². The number of carbonyl (C=O) groups excluding carboxylic acids is 2. The van der Waals surface area contributed by atoms with Crippen molar-refractivity contribution in [3.63, 3.8) is 0 Å². The van der Waals surface area contributed by atoms with Crippen LogP contribution in [0.2, 0.25) is 0 Å². The summed E-state index contributed by atoms with van der Waals surface area (Å²) in [4.78, 5) is 25.9. The zero-order valence-corrected chi connectivity index (χ0v) is 14.2. The second-order valence-electron chi connectivity index (χ2n) is 6.23. The first kappa shape index (κ1) is 17.0. The maximum absolute atomic E-state index is 13.3. The molecule has 0 radical (unpaired) electrons. The lowest BCUT2D eigenvalue weighted by molar-refractivity contribution is -0.117. The Morgan fingerprint density at radius 3 is 2.72 bits per heavy atom. The van der Waals surface area contributed by atoms with E-state index in [1.54, 1.807) is 12.1 Å². The van der Waals surface area contributed by atoms with E-state index in [4.69, 9.17) is 0 Å². The predicted molar refractivity (Wildman–Crippen MR) is 95.2 cm³/mol. The van der Waals surface area contributed by atoms with Crippen molar-refractivity contribution in [2.75, 3.05) is 16.8 Å². The number of carbonyl (C=O) groups is 2. The number of hydrogen-bond donors (Lipinski definition) is 2. The molecular weight excluding hydrogens is 321 g/mol. The van der Waals surface area contributed by atoms with Gasteiger partial charge < -0.3 is 15.5 Å². The molecule has 1 aliphatic heterocycles. The molecule has 0 aromatic heterocycles. The first-order valence-corrected chi connectivity index (χ1v) is 8.13. The third-order valence-corrected chi connectivity index (χ3v) is 4.43. The smallest absolute Gasteiger partial charge is 0.319 e. The molecule has 5 nitrogen and oxygen atoms in total. The van der Waals surface area contributed by atoms with Crippen molar-refractivity contribution >= 4 is 23.3 Å². The molecule has 2 N–H and O–H groups in total. The van der Waals surface area contributed by atoms with Crippen LogP contribution in [0.4, 0.5) is 20.6 Å². The van der Waals surface area contributed by atoms with Gasteiger partial charge in [-0.25, -0.2) is 9.18 Å². The van der Waals surface area contributed by atoms with Crippen LogP contribution in [0.1, 0.15) is 17.5 Å². The van der Waals surface area contributed by atoms with Gasteiger partial charge in [-0.1, -0.05) is 18.2 Å². The van der Waals surface area contributed by atoms with Gasteiger partial charge in [0, 0.05) is 24.3 Å². The van der Waals surface area contributed by atoms with E-state index in [1.165, 1.54) is 17.0 Å². The number of nitrogens with one attached hydrogen (secondary N) is 2. The fourth-order valence-corrected chi connectivity index (χ4v) is 2.93. The molecule has 0 saturated carbocycles. The Kier molecular flexibility index (Phi) is 4.70. The fourth-order valence-electron chi connectivity index (χ4n) is 2.93. The van der Waals surface area contributed by atoms with Gasteiger partial charge in [-0.3, -0.25) is 4.79 Å². The lowest BCUT2D eigenvalue weighted by Crippen LogP contribution is -2.39. The minimum atomic E-state index is -0.394. The van der Waals surface area contributed by atoms with Crippen LogP contribution in [0.15, 0.2) is 42.5 Å². The fraction of sp³-hybridized carbons (Fsp3) is 0.263. The molecule has 130 valence electrons. The Morgan fingerprint density at radius 2 is 1.96 bits per heavy atom. The first-order valence-electron chi connectivity index (χ1n) is 8.13. The third kappa shape index (κ3) is 3.79. The van der Waals surface area contributed by atoms with E-state index < -0.39 is 5.82 Å². The molecule has 0 bridgehead atoms. The van der Waals surface area contributed by atoms with Gasteiger partial charge in [0.2, 0.25) is 5.91 Å². The maximum Gasteiger partial charge on any atom is 0.319 e. The van der Waals surface area contributed by atoms with Gasteiger partial charge in [0.25, 0.3) is 0 Å². The molecule has 1 heterocycles. The van der Waals surface area contributed by atoms with Gasteiger partial charge in [0.05, 0.1) is 6.04 Å². The Hall–Kier alpha value is -2.89. The molecule has 2 aromatic carbocycles. The number of amides is 3. The second kappa shape index (κ2) is 6.93. The summed E-state index contributed by atoms with van der Waals surface area (Å²) in [5, 5.41) is 5.63. The van der Waals surface area contributed by atoms with E-state index in [1.807, 2.05) is 32.0 Å².